The van der Waals surface area contributed by atoms with Crippen molar-refractivity contribution in [2.45, 2.75) is 19.1 Å². The average Bonchev–Trinajstić information content (AvgIpc) is 2.64. The van der Waals surface area contributed by atoms with Crippen molar-refractivity contribution in [3.63, 3.8) is 0 Å². The van der Waals surface area contributed by atoms with Crippen LogP contribution in [0.25, 0.3) is 0 Å². The van der Waals surface area contributed by atoms with Gasteiger partial charge in [-0.05, 0) is 37.3 Å². The van der Waals surface area contributed by atoms with Gasteiger partial charge in [0.05, 0.1) is 18.8 Å². The number of anilines is 1. The van der Waals surface area contributed by atoms with E-state index in [1.807, 2.05) is 6.92 Å². The zero-order chi connectivity index (χ0) is 19.4. The second-order valence-corrected chi connectivity index (χ2v) is 7.07. The van der Waals surface area contributed by atoms with Crippen molar-refractivity contribution in [2.24, 2.45) is 0 Å². The van der Waals surface area contributed by atoms with Crippen LogP contribution in [0.2, 0.25) is 5.02 Å². The van der Waals surface area contributed by atoms with Gasteiger partial charge in [0.15, 0.2) is 0 Å². The van der Waals surface area contributed by atoms with Gasteiger partial charge in [-0.15, -0.1) is 0 Å². The zero-order valence-corrected chi connectivity index (χ0v) is 15.9. The summed E-state index contributed by atoms with van der Waals surface area (Å²) in [5.74, 6) is -0.647. The van der Waals surface area contributed by atoms with Crippen LogP contribution < -0.4 is 11.1 Å². The first-order valence-electron chi connectivity index (χ1n) is 8.89. The Kier molecular flexibility index (Phi) is 6.31. The number of benzene rings is 2. The van der Waals surface area contributed by atoms with Crippen molar-refractivity contribution in [3.8, 4) is 0 Å². The summed E-state index contributed by atoms with van der Waals surface area (Å²) in [5, 5.41) is 3.23. The summed E-state index contributed by atoms with van der Waals surface area (Å²) in [4.78, 5) is 14.6. The third-order valence-corrected chi connectivity index (χ3v) is 4.98. The Bertz CT molecular complexity index is 797. The van der Waals surface area contributed by atoms with E-state index in [0.717, 1.165) is 0 Å². The number of morpholine rings is 1. The summed E-state index contributed by atoms with van der Waals surface area (Å²) in [5.41, 5.74) is 7.11. The SMILES string of the molecule is CC1CN(C(CNC(=O)c2cccc(N)c2)c2c(F)cccc2Cl)CCO1. The number of nitrogen functional groups attached to an aromatic ring is 1. The van der Waals surface area contributed by atoms with Gasteiger partial charge in [0.1, 0.15) is 5.82 Å². The maximum absolute atomic E-state index is 14.6. The lowest BCUT2D eigenvalue weighted by Gasteiger charge is -2.38. The molecule has 2 aromatic carbocycles. The lowest BCUT2D eigenvalue weighted by Crippen LogP contribution is -2.47. The van der Waals surface area contributed by atoms with Crippen molar-refractivity contribution in [1.29, 1.82) is 0 Å². The zero-order valence-electron chi connectivity index (χ0n) is 15.1. The third kappa shape index (κ3) is 4.77. The van der Waals surface area contributed by atoms with Crippen molar-refractivity contribution in [2.75, 3.05) is 32.0 Å². The van der Waals surface area contributed by atoms with Crippen molar-refractivity contribution >= 4 is 23.2 Å². The van der Waals surface area contributed by atoms with Gasteiger partial charge < -0.3 is 15.8 Å². The number of hydrogen-bond acceptors (Lipinski definition) is 4. The molecule has 7 heteroatoms. The number of ether oxygens (including phenoxy) is 1. The van der Waals surface area contributed by atoms with Crippen LogP contribution in [0, 0.1) is 5.82 Å². The monoisotopic (exact) mass is 391 g/mol. The van der Waals surface area contributed by atoms with Crippen molar-refractivity contribution in [3.05, 3.63) is 64.4 Å². The molecule has 1 fully saturated rings. The summed E-state index contributed by atoms with van der Waals surface area (Å²) in [6, 6.07) is 11.0. The molecule has 3 rings (SSSR count). The highest BCUT2D eigenvalue weighted by atomic mass is 35.5. The van der Waals surface area contributed by atoms with Gasteiger partial charge >= 0.3 is 0 Å². The number of nitrogens with two attached hydrogens (primary N) is 1. The molecule has 1 heterocycles. The second-order valence-electron chi connectivity index (χ2n) is 6.66. The summed E-state index contributed by atoms with van der Waals surface area (Å²) >= 11 is 6.31. The molecule has 3 N–H and O–H groups in total. The summed E-state index contributed by atoms with van der Waals surface area (Å²) < 4.78 is 20.2. The molecule has 1 amide bonds. The first-order valence-corrected chi connectivity index (χ1v) is 9.27. The molecule has 0 saturated carbocycles. The Labute approximate surface area is 163 Å². The van der Waals surface area contributed by atoms with E-state index in [0.29, 0.717) is 41.5 Å². The lowest BCUT2D eigenvalue weighted by molar-refractivity contribution is -0.0346. The van der Waals surface area contributed by atoms with Gasteiger partial charge in [-0.3, -0.25) is 9.69 Å². The number of carbonyl (C=O) groups excluding carboxylic acids is 1. The van der Waals surface area contributed by atoms with E-state index >= 15 is 0 Å². The number of carbonyl (C=O) groups is 1. The van der Waals surface area contributed by atoms with Gasteiger partial charge in [-0.25, -0.2) is 4.39 Å². The molecule has 0 aromatic heterocycles. The summed E-state index contributed by atoms with van der Waals surface area (Å²) in [6.45, 7) is 4.00. The van der Waals surface area contributed by atoms with Crippen LogP contribution in [0.15, 0.2) is 42.5 Å². The Morgan fingerprint density at radius 1 is 1.41 bits per heavy atom. The van der Waals surface area contributed by atoms with Crippen LogP contribution in [0.1, 0.15) is 28.9 Å². The number of hydrogen-bond donors (Lipinski definition) is 2. The Morgan fingerprint density at radius 2 is 2.19 bits per heavy atom. The molecule has 2 aromatic rings. The van der Waals surface area contributed by atoms with Gasteiger partial charge in [-0.1, -0.05) is 23.7 Å². The van der Waals surface area contributed by atoms with Crippen LogP contribution >= 0.6 is 11.6 Å². The standard InChI is InChI=1S/C20H23ClFN3O2/c1-13-12-25(8-9-27-13)18(19-16(21)6-3-7-17(19)22)11-24-20(26)14-4-2-5-15(23)10-14/h2-7,10,13,18H,8-9,11-12,23H2,1H3,(H,24,26). The molecular formula is C20H23ClFN3O2. The van der Waals surface area contributed by atoms with E-state index in [2.05, 4.69) is 10.2 Å². The summed E-state index contributed by atoms with van der Waals surface area (Å²) in [7, 11) is 0. The van der Waals surface area contributed by atoms with Crippen molar-refractivity contribution in [1.82, 2.24) is 10.2 Å². The Morgan fingerprint density at radius 3 is 2.89 bits per heavy atom. The first kappa shape index (κ1) is 19.6. The Hall–Kier alpha value is -2.15. The maximum Gasteiger partial charge on any atom is 0.251 e. The fourth-order valence-corrected chi connectivity index (χ4v) is 3.63. The molecule has 0 aliphatic carbocycles. The predicted octanol–water partition coefficient (Wildman–Crippen LogP) is 3.25. The fraction of sp³-hybridized carbons (Fsp3) is 0.350. The third-order valence-electron chi connectivity index (χ3n) is 4.65. The lowest BCUT2D eigenvalue weighted by atomic mass is 10.0. The van der Waals surface area contributed by atoms with Gasteiger partial charge in [0.2, 0.25) is 0 Å². The molecule has 2 atom stereocenters. The van der Waals surface area contributed by atoms with E-state index in [9.17, 15) is 9.18 Å². The molecule has 27 heavy (non-hydrogen) atoms. The highest BCUT2D eigenvalue weighted by Crippen LogP contribution is 2.31. The first-order chi connectivity index (χ1) is 13.0. The molecule has 0 spiro atoms. The van der Waals surface area contributed by atoms with Crippen LogP contribution in [0.4, 0.5) is 10.1 Å². The minimum absolute atomic E-state index is 0.0245. The van der Waals surface area contributed by atoms with E-state index < -0.39 is 6.04 Å². The minimum atomic E-state index is -0.393. The van der Waals surface area contributed by atoms with E-state index in [-0.39, 0.29) is 24.4 Å². The van der Waals surface area contributed by atoms with E-state index in [1.54, 1.807) is 36.4 Å². The minimum Gasteiger partial charge on any atom is -0.399 e. The molecule has 0 radical (unpaired) electrons. The molecule has 1 aliphatic rings. The largest absolute Gasteiger partial charge is 0.399 e. The van der Waals surface area contributed by atoms with Crippen LogP contribution in [0.5, 0.6) is 0 Å². The normalized spacial score (nSPS) is 18.9. The van der Waals surface area contributed by atoms with Crippen LogP contribution in [0.3, 0.4) is 0 Å². The fourth-order valence-electron chi connectivity index (χ4n) is 3.34. The second kappa shape index (κ2) is 8.69. The smallest absolute Gasteiger partial charge is 0.251 e. The average molecular weight is 392 g/mol. The predicted molar refractivity (Wildman–Crippen MR) is 104 cm³/mol. The molecule has 1 aliphatic heterocycles. The molecule has 144 valence electrons. The van der Waals surface area contributed by atoms with E-state index in [1.165, 1.54) is 6.07 Å². The van der Waals surface area contributed by atoms with E-state index in [4.69, 9.17) is 22.1 Å². The number of halogens is 2. The number of amides is 1. The molecule has 1 saturated heterocycles. The highest BCUT2D eigenvalue weighted by molar-refractivity contribution is 6.31. The Balaban J connectivity index is 1.83. The highest BCUT2D eigenvalue weighted by Gasteiger charge is 2.29. The quantitative estimate of drug-likeness (QED) is 0.768. The molecular weight excluding hydrogens is 369 g/mol. The number of nitrogens with zero attached hydrogens (tertiary/aromatic N) is 1. The van der Waals surface area contributed by atoms with Gasteiger partial charge in [-0.2, -0.15) is 0 Å². The number of nitrogens with one attached hydrogen (secondary N) is 1. The van der Waals surface area contributed by atoms with Crippen molar-refractivity contribution < 1.29 is 13.9 Å². The topological polar surface area (TPSA) is 67.6 Å². The summed E-state index contributed by atoms with van der Waals surface area (Å²) in [6.07, 6.45) is 0.0245. The molecule has 0 bridgehead atoms. The van der Waals surface area contributed by atoms with Gasteiger partial charge in [0.25, 0.3) is 5.91 Å². The number of rotatable bonds is 5. The van der Waals surface area contributed by atoms with Crippen LogP contribution in [-0.4, -0.2) is 43.2 Å². The van der Waals surface area contributed by atoms with Crippen LogP contribution in [-0.2, 0) is 4.74 Å². The molecule has 5 nitrogen and oxygen atoms in total. The van der Waals surface area contributed by atoms with Gasteiger partial charge in [0, 0.05) is 41.5 Å². The maximum atomic E-state index is 14.6. The molecule has 2 unspecified atom stereocenters.